The molecule has 6 nitrogen and oxygen atoms in total. The maximum absolute atomic E-state index is 5.71. The van der Waals surface area contributed by atoms with Crippen molar-refractivity contribution < 1.29 is 4.42 Å². The van der Waals surface area contributed by atoms with Gasteiger partial charge in [0.1, 0.15) is 5.76 Å². The number of hydrogen-bond donors (Lipinski definition) is 2. The highest BCUT2D eigenvalue weighted by atomic mass is 16.3. The number of guanidine groups is 1. The van der Waals surface area contributed by atoms with Crippen LogP contribution in [0, 0.1) is 5.92 Å². The van der Waals surface area contributed by atoms with Crippen LogP contribution in [0.15, 0.2) is 27.8 Å². The van der Waals surface area contributed by atoms with Crippen LogP contribution in [0.4, 0.5) is 0 Å². The summed E-state index contributed by atoms with van der Waals surface area (Å²) in [6.45, 7) is 10.1. The molecule has 0 aromatic carbocycles. The minimum atomic E-state index is 0.270. The molecule has 6 heteroatoms. The Morgan fingerprint density at radius 3 is 2.44 bits per heavy atom. The van der Waals surface area contributed by atoms with Gasteiger partial charge in [0.15, 0.2) is 5.96 Å². The minimum absolute atomic E-state index is 0.270. The van der Waals surface area contributed by atoms with E-state index in [2.05, 4.69) is 38.4 Å². The Labute approximate surface area is 164 Å². The zero-order valence-corrected chi connectivity index (χ0v) is 17.1. The van der Waals surface area contributed by atoms with Crippen molar-refractivity contribution in [3.8, 4) is 0 Å². The molecule has 0 spiro atoms. The van der Waals surface area contributed by atoms with Crippen LogP contribution in [0.5, 0.6) is 0 Å². The van der Waals surface area contributed by atoms with Gasteiger partial charge >= 0.3 is 0 Å². The van der Waals surface area contributed by atoms with Crippen LogP contribution < -0.4 is 10.6 Å². The Morgan fingerprint density at radius 1 is 1.07 bits per heavy atom. The number of furan rings is 1. The van der Waals surface area contributed by atoms with Gasteiger partial charge in [-0.2, -0.15) is 0 Å². The number of likely N-dealkylation sites (tertiary alicyclic amines) is 2. The van der Waals surface area contributed by atoms with E-state index in [1.165, 1.54) is 51.7 Å². The third-order valence-electron chi connectivity index (χ3n) is 5.78. The fourth-order valence-corrected chi connectivity index (χ4v) is 4.28. The molecular formula is C21H37N5O. The Bertz CT molecular complexity index is 547. The van der Waals surface area contributed by atoms with Crippen molar-refractivity contribution in [1.82, 2.24) is 20.4 Å². The van der Waals surface area contributed by atoms with Crippen molar-refractivity contribution in [3.05, 3.63) is 24.2 Å². The molecular weight excluding hydrogens is 338 g/mol. The predicted octanol–water partition coefficient (Wildman–Crippen LogP) is 2.70. The molecule has 0 aliphatic carbocycles. The maximum Gasteiger partial charge on any atom is 0.191 e. The van der Waals surface area contributed by atoms with Gasteiger partial charge in [-0.05, 0) is 69.9 Å². The first-order chi connectivity index (χ1) is 13.3. The number of rotatable bonds is 8. The molecule has 1 aromatic heterocycles. The van der Waals surface area contributed by atoms with E-state index in [9.17, 15) is 0 Å². The summed E-state index contributed by atoms with van der Waals surface area (Å²) < 4.78 is 5.71. The summed E-state index contributed by atoms with van der Waals surface area (Å²) in [6, 6.07) is 4.33. The fourth-order valence-electron chi connectivity index (χ4n) is 4.28. The second-order valence-corrected chi connectivity index (χ2v) is 8.07. The standard InChI is InChI=1S/C21H37N5O/c1-18(17-25-10-4-3-5-11-25)15-23-21(22-2)24-16-19(20-9-8-14-27-20)26-12-6-7-13-26/h8-9,14,18-19H,3-7,10-13,15-17H2,1-2H3,(H2,22,23,24). The molecule has 3 rings (SSSR count). The topological polar surface area (TPSA) is 56.0 Å². The van der Waals surface area contributed by atoms with Crippen molar-refractivity contribution in [1.29, 1.82) is 0 Å². The second-order valence-electron chi connectivity index (χ2n) is 8.07. The lowest BCUT2D eigenvalue weighted by Gasteiger charge is -2.29. The van der Waals surface area contributed by atoms with Gasteiger partial charge < -0.3 is 20.0 Å². The summed E-state index contributed by atoms with van der Waals surface area (Å²) in [5.74, 6) is 2.54. The van der Waals surface area contributed by atoms with Gasteiger partial charge in [-0.15, -0.1) is 0 Å². The Hall–Kier alpha value is -1.53. The summed E-state index contributed by atoms with van der Waals surface area (Å²) in [7, 11) is 1.85. The molecule has 2 fully saturated rings. The lowest BCUT2D eigenvalue weighted by molar-refractivity contribution is 0.200. The molecule has 2 aliphatic heterocycles. The molecule has 152 valence electrons. The number of nitrogens with one attached hydrogen (secondary N) is 2. The molecule has 2 aliphatic rings. The zero-order valence-electron chi connectivity index (χ0n) is 17.1. The van der Waals surface area contributed by atoms with E-state index in [1.54, 1.807) is 6.26 Å². The number of hydrogen-bond acceptors (Lipinski definition) is 4. The first-order valence-corrected chi connectivity index (χ1v) is 10.7. The van der Waals surface area contributed by atoms with Crippen LogP contribution in [0.25, 0.3) is 0 Å². The highest BCUT2D eigenvalue weighted by Gasteiger charge is 2.25. The molecule has 2 unspecified atom stereocenters. The van der Waals surface area contributed by atoms with Gasteiger partial charge in [-0.25, -0.2) is 0 Å². The highest BCUT2D eigenvalue weighted by Crippen LogP contribution is 2.24. The van der Waals surface area contributed by atoms with E-state index in [-0.39, 0.29) is 6.04 Å². The van der Waals surface area contributed by atoms with Crippen LogP contribution in [0.3, 0.4) is 0 Å². The second kappa shape index (κ2) is 10.7. The van der Waals surface area contributed by atoms with Crippen molar-refractivity contribution >= 4 is 5.96 Å². The quantitative estimate of drug-likeness (QED) is 0.540. The molecule has 27 heavy (non-hydrogen) atoms. The third-order valence-corrected chi connectivity index (χ3v) is 5.78. The van der Waals surface area contributed by atoms with E-state index in [4.69, 9.17) is 4.42 Å². The van der Waals surface area contributed by atoms with Crippen LogP contribution in [-0.4, -0.2) is 68.6 Å². The molecule has 1 aromatic rings. The molecule has 0 bridgehead atoms. The SMILES string of the molecule is CN=C(NCC(C)CN1CCCCC1)NCC(c1ccco1)N1CCCC1. The Balaban J connectivity index is 1.44. The Morgan fingerprint density at radius 2 is 1.78 bits per heavy atom. The third kappa shape index (κ3) is 6.25. The summed E-state index contributed by atoms with van der Waals surface area (Å²) >= 11 is 0. The zero-order chi connectivity index (χ0) is 18.9. The van der Waals surface area contributed by atoms with Crippen molar-refractivity contribution in [2.45, 2.75) is 45.1 Å². The van der Waals surface area contributed by atoms with Crippen LogP contribution in [0.2, 0.25) is 0 Å². The number of aliphatic imine (C=N–C) groups is 1. The minimum Gasteiger partial charge on any atom is -0.468 e. The molecule has 0 amide bonds. The Kier molecular flexibility index (Phi) is 8.02. The maximum atomic E-state index is 5.71. The summed E-state index contributed by atoms with van der Waals surface area (Å²) in [6.07, 6.45) is 8.43. The van der Waals surface area contributed by atoms with Gasteiger partial charge in [0.2, 0.25) is 0 Å². The molecule has 2 N–H and O–H groups in total. The molecule has 0 radical (unpaired) electrons. The predicted molar refractivity (Wildman–Crippen MR) is 111 cm³/mol. The number of piperidine rings is 1. The highest BCUT2D eigenvalue weighted by molar-refractivity contribution is 5.79. The van der Waals surface area contributed by atoms with E-state index in [0.29, 0.717) is 5.92 Å². The molecule has 3 heterocycles. The smallest absolute Gasteiger partial charge is 0.191 e. The van der Waals surface area contributed by atoms with Gasteiger partial charge in [0.25, 0.3) is 0 Å². The molecule has 0 saturated carbocycles. The average molecular weight is 376 g/mol. The largest absolute Gasteiger partial charge is 0.468 e. The molecule has 2 atom stereocenters. The van der Waals surface area contributed by atoms with Crippen LogP contribution in [-0.2, 0) is 0 Å². The fraction of sp³-hybridized carbons (Fsp3) is 0.762. The summed E-state index contributed by atoms with van der Waals surface area (Å²) in [5.41, 5.74) is 0. The number of nitrogens with zero attached hydrogens (tertiary/aromatic N) is 3. The van der Waals surface area contributed by atoms with Crippen molar-refractivity contribution in [3.63, 3.8) is 0 Å². The van der Waals surface area contributed by atoms with E-state index >= 15 is 0 Å². The van der Waals surface area contributed by atoms with Crippen molar-refractivity contribution in [2.75, 3.05) is 52.9 Å². The van der Waals surface area contributed by atoms with E-state index in [0.717, 1.165) is 37.9 Å². The van der Waals surface area contributed by atoms with Gasteiger partial charge in [0.05, 0.1) is 12.3 Å². The average Bonchev–Trinajstić information content (AvgIpc) is 3.40. The summed E-state index contributed by atoms with van der Waals surface area (Å²) in [4.78, 5) is 9.53. The molecule has 2 saturated heterocycles. The lowest BCUT2D eigenvalue weighted by atomic mass is 10.1. The van der Waals surface area contributed by atoms with Crippen LogP contribution >= 0.6 is 0 Å². The normalized spacial score (nSPS) is 21.9. The van der Waals surface area contributed by atoms with Crippen LogP contribution in [0.1, 0.15) is 50.8 Å². The van der Waals surface area contributed by atoms with Crippen molar-refractivity contribution in [2.24, 2.45) is 10.9 Å². The van der Waals surface area contributed by atoms with Gasteiger partial charge in [-0.3, -0.25) is 9.89 Å². The lowest BCUT2D eigenvalue weighted by Crippen LogP contribution is -2.45. The first kappa shape index (κ1) is 20.2. The monoisotopic (exact) mass is 375 g/mol. The van der Waals surface area contributed by atoms with E-state index < -0.39 is 0 Å². The van der Waals surface area contributed by atoms with E-state index in [1.807, 2.05) is 13.1 Å². The summed E-state index contributed by atoms with van der Waals surface area (Å²) in [5, 5.41) is 7.03. The van der Waals surface area contributed by atoms with Gasteiger partial charge in [-0.1, -0.05) is 13.3 Å². The van der Waals surface area contributed by atoms with Gasteiger partial charge in [0, 0.05) is 26.7 Å². The first-order valence-electron chi connectivity index (χ1n) is 10.7.